The molecule has 2 rings (SSSR count). The molecule has 2 atom stereocenters. The summed E-state index contributed by atoms with van der Waals surface area (Å²) in [5.41, 5.74) is 5.78. The van der Waals surface area contributed by atoms with Gasteiger partial charge in [-0.1, -0.05) is 44.5 Å². The van der Waals surface area contributed by atoms with Crippen molar-refractivity contribution in [3.8, 4) is 0 Å². The largest absolute Gasteiger partial charge is 0.271 e. The summed E-state index contributed by atoms with van der Waals surface area (Å²) in [5.74, 6) is 7.25. The molecule has 1 aliphatic carbocycles. The minimum Gasteiger partial charge on any atom is -0.271 e. The van der Waals surface area contributed by atoms with E-state index >= 15 is 0 Å². The second-order valence-electron chi connectivity index (χ2n) is 5.34. The molecule has 3 N–H and O–H groups in total. The summed E-state index contributed by atoms with van der Waals surface area (Å²) < 4.78 is 0. The van der Waals surface area contributed by atoms with Crippen LogP contribution in [0.1, 0.15) is 50.3 Å². The van der Waals surface area contributed by atoms with Gasteiger partial charge in [0, 0.05) is 6.04 Å². The highest BCUT2D eigenvalue weighted by Gasteiger charge is 2.33. The molecule has 0 aromatic heterocycles. The van der Waals surface area contributed by atoms with Crippen LogP contribution in [0.3, 0.4) is 0 Å². The van der Waals surface area contributed by atoms with Gasteiger partial charge in [0.05, 0.1) is 0 Å². The van der Waals surface area contributed by atoms with Gasteiger partial charge in [0.1, 0.15) is 0 Å². The van der Waals surface area contributed by atoms with Crippen LogP contribution >= 0.6 is 0 Å². The first-order chi connectivity index (χ1) is 8.26. The van der Waals surface area contributed by atoms with Gasteiger partial charge < -0.3 is 0 Å². The Hall–Kier alpha value is -0.860. The summed E-state index contributed by atoms with van der Waals surface area (Å²) >= 11 is 0. The first-order valence-electron chi connectivity index (χ1n) is 6.81. The Morgan fingerprint density at radius 3 is 2.76 bits per heavy atom. The number of rotatable bonds is 6. The van der Waals surface area contributed by atoms with Crippen LogP contribution in [-0.4, -0.2) is 0 Å². The number of hydrazine groups is 1. The van der Waals surface area contributed by atoms with Gasteiger partial charge in [-0.3, -0.25) is 11.3 Å². The van der Waals surface area contributed by atoms with Crippen LogP contribution in [0.25, 0.3) is 0 Å². The molecule has 0 spiro atoms. The molecule has 17 heavy (non-hydrogen) atoms. The lowest BCUT2D eigenvalue weighted by Gasteiger charge is -2.24. The van der Waals surface area contributed by atoms with Gasteiger partial charge in [-0.25, -0.2) is 0 Å². The average Bonchev–Trinajstić information content (AvgIpc) is 3.14. The predicted octanol–water partition coefficient (Wildman–Crippen LogP) is 3.19. The first-order valence-corrected chi connectivity index (χ1v) is 6.81. The van der Waals surface area contributed by atoms with Crippen molar-refractivity contribution in [3.05, 3.63) is 35.4 Å². The molecular formula is C15H24N2. The summed E-state index contributed by atoms with van der Waals surface area (Å²) in [6.07, 6.45) is 5.09. The molecule has 2 heteroatoms. The lowest BCUT2D eigenvalue weighted by molar-refractivity contribution is 0.354. The number of benzene rings is 1. The Balaban J connectivity index is 2.14. The second-order valence-corrected chi connectivity index (χ2v) is 5.34. The smallest absolute Gasteiger partial charge is 0.0488 e. The molecule has 1 aromatic rings. The van der Waals surface area contributed by atoms with E-state index in [1.165, 1.54) is 30.4 Å². The summed E-state index contributed by atoms with van der Waals surface area (Å²) in [6, 6.07) is 9.18. The third-order valence-corrected chi connectivity index (χ3v) is 3.92. The fourth-order valence-electron chi connectivity index (χ4n) is 2.68. The second kappa shape index (κ2) is 5.65. The zero-order chi connectivity index (χ0) is 12.3. The van der Waals surface area contributed by atoms with Gasteiger partial charge in [0.25, 0.3) is 0 Å². The molecule has 0 amide bonds. The van der Waals surface area contributed by atoms with E-state index in [0.717, 1.165) is 12.3 Å². The molecule has 94 valence electrons. The number of hydrogen-bond acceptors (Lipinski definition) is 2. The summed E-state index contributed by atoms with van der Waals surface area (Å²) in [6.45, 7) is 4.53. The highest BCUT2D eigenvalue weighted by Crippen LogP contribution is 2.42. The monoisotopic (exact) mass is 232 g/mol. The Labute approximate surface area is 105 Å². The van der Waals surface area contributed by atoms with Crippen molar-refractivity contribution in [3.63, 3.8) is 0 Å². The maximum Gasteiger partial charge on any atom is 0.0488 e. The Kier molecular flexibility index (Phi) is 4.19. The predicted molar refractivity (Wildman–Crippen MR) is 72.4 cm³/mol. The molecular weight excluding hydrogens is 208 g/mol. The first kappa shape index (κ1) is 12.6. The summed E-state index contributed by atoms with van der Waals surface area (Å²) in [4.78, 5) is 0. The van der Waals surface area contributed by atoms with Crippen molar-refractivity contribution in [1.82, 2.24) is 5.43 Å². The van der Waals surface area contributed by atoms with Crippen LogP contribution in [-0.2, 0) is 6.42 Å². The van der Waals surface area contributed by atoms with Crippen LogP contribution in [0.5, 0.6) is 0 Å². The lowest BCUT2D eigenvalue weighted by atomic mass is 9.90. The topological polar surface area (TPSA) is 38.0 Å². The minimum absolute atomic E-state index is 0.305. The molecule has 0 saturated heterocycles. The van der Waals surface area contributed by atoms with Gasteiger partial charge in [-0.15, -0.1) is 0 Å². The zero-order valence-corrected chi connectivity index (χ0v) is 10.9. The van der Waals surface area contributed by atoms with Crippen LogP contribution in [0.2, 0.25) is 0 Å². The maximum absolute atomic E-state index is 5.75. The van der Waals surface area contributed by atoms with Gasteiger partial charge >= 0.3 is 0 Å². The Bertz CT molecular complexity index is 358. The van der Waals surface area contributed by atoms with E-state index in [1.807, 2.05) is 0 Å². The molecule has 1 aliphatic rings. The SMILES string of the molecule is CCCc1cccc(C(NN)C(C)C2CC2)c1. The molecule has 0 bridgehead atoms. The average molecular weight is 232 g/mol. The standard InChI is InChI=1S/C15H24N2/c1-3-5-12-6-4-7-14(10-12)15(17-16)11(2)13-8-9-13/h4,6-7,10-11,13,15,17H,3,5,8-9,16H2,1-2H3. The van der Waals surface area contributed by atoms with Gasteiger partial charge in [-0.2, -0.15) is 0 Å². The fourth-order valence-corrected chi connectivity index (χ4v) is 2.68. The van der Waals surface area contributed by atoms with E-state index in [9.17, 15) is 0 Å². The van der Waals surface area contributed by atoms with Crippen molar-refractivity contribution in [1.29, 1.82) is 0 Å². The number of nitrogens with one attached hydrogen (secondary N) is 1. The van der Waals surface area contributed by atoms with Gasteiger partial charge in [-0.05, 0) is 42.2 Å². The third-order valence-electron chi connectivity index (χ3n) is 3.92. The highest BCUT2D eigenvalue weighted by atomic mass is 15.2. The molecule has 1 saturated carbocycles. The number of aryl methyl sites for hydroxylation is 1. The van der Waals surface area contributed by atoms with E-state index in [2.05, 4.69) is 43.5 Å². The van der Waals surface area contributed by atoms with E-state index in [0.29, 0.717) is 12.0 Å². The van der Waals surface area contributed by atoms with Crippen LogP contribution in [0.15, 0.2) is 24.3 Å². The normalized spacial score (nSPS) is 19.0. The van der Waals surface area contributed by atoms with Crippen LogP contribution in [0.4, 0.5) is 0 Å². The molecule has 0 aliphatic heterocycles. The van der Waals surface area contributed by atoms with Gasteiger partial charge in [0.2, 0.25) is 0 Å². The van der Waals surface area contributed by atoms with E-state index < -0.39 is 0 Å². The summed E-state index contributed by atoms with van der Waals surface area (Å²) in [7, 11) is 0. The van der Waals surface area contributed by atoms with Crippen molar-refractivity contribution in [2.45, 2.75) is 45.6 Å². The van der Waals surface area contributed by atoms with Crippen molar-refractivity contribution >= 4 is 0 Å². The summed E-state index contributed by atoms with van der Waals surface area (Å²) in [5, 5.41) is 0. The van der Waals surface area contributed by atoms with E-state index in [-0.39, 0.29) is 0 Å². The highest BCUT2D eigenvalue weighted by molar-refractivity contribution is 5.27. The molecule has 0 heterocycles. The Morgan fingerprint density at radius 1 is 1.41 bits per heavy atom. The van der Waals surface area contributed by atoms with Gasteiger partial charge in [0.15, 0.2) is 0 Å². The van der Waals surface area contributed by atoms with E-state index in [4.69, 9.17) is 5.84 Å². The Morgan fingerprint density at radius 2 is 2.18 bits per heavy atom. The van der Waals surface area contributed by atoms with Crippen molar-refractivity contribution < 1.29 is 0 Å². The number of nitrogens with two attached hydrogens (primary N) is 1. The number of hydrogen-bond donors (Lipinski definition) is 2. The zero-order valence-electron chi connectivity index (χ0n) is 10.9. The lowest BCUT2D eigenvalue weighted by Crippen LogP contribution is -2.33. The quantitative estimate of drug-likeness (QED) is 0.584. The molecule has 2 nitrogen and oxygen atoms in total. The maximum atomic E-state index is 5.75. The van der Waals surface area contributed by atoms with Crippen molar-refractivity contribution in [2.24, 2.45) is 17.7 Å². The minimum atomic E-state index is 0.305. The molecule has 0 radical (unpaired) electrons. The molecule has 1 fully saturated rings. The van der Waals surface area contributed by atoms with Crippen molar-refractivity contribution in [2.75, 3.05) is 0 Å². The fraction of sp³-hybridized carbons (Fsp3) is 0.600. The molecule has 1 aromatic carbocycles. The van der Waals surface area contributed by atoms with E-state index in [1.54, 1.807) is 0 Å². The van der Waals surface area contributed by atoms with Crippen LogP contribution in [0, 0.1) is 11.8 Å². The molecule has 2 unspecified atom stereocenters. The third kappa shape index (κ3) is 3.08. The van der Waals surface area contributed by atoms with Crippen LogP contribution < -0.4 is 11.3 Å².